The van der Waals surface area contributed by atoms with Crippen LogP contribution in [0.1, 0.15) is 42.1 Å². The first-order valence-corrected chi connectivity index (χ1v) is 8.70. The molecule has 1 aliphatic heterocycles. The van der Waals surface area contributed by atoms with Gasteiger partial charge in [0.15, 0.2) is 5.56 Å². The van der Waals surface area contributed by atoms with Crippen molar-refractivity contribution in [1.29, 1.82) is 0 Å². The topological polar surface area (TPSA) is 93.6 Å². The number of piperidine rings is 1. The fourth-order valence-corrected chi connectivity index (χ4v) is 3.46. The molecule has 1 aromatic carbocycles. The zero-order valence-corrected chi connectivity index (χ0v) is 14.5. The standard InChI is InChI=1S/C19H21FN2O4/c1-2-12-16(21-18(24)15(17(12)23)19(25)26)13-7-6-11(10-14(13)20)22-8-4-3-5-9-22/h6-7,10H,2-5,8-9H2,1H3,(H,25,26)(H2,21,23,24). The Labute approximate surface area is 149 Å². The summed E-state index contributed by atoms with van der Waals surface area (Å²) < 4.78 is 14.8. The van der Waals surface area contributed by atoms with E-state index < -0.39 is 28.7 Å². The van der Waals surface area contributed by atoms with Gasteiger partial charge >= 0.3 is 5.97 Å². The van der Waals surface area contributed by atoms with Gasteiger partial charge in [0.25, 0.3) is 5.56 Å². The molecule has 1 aliphatic rings. The highest BCUT2D eigenvalue weighted by molar-refractivity contribution is 5.92. The van der Waals surface area contributed by atoms with Crippen LogP contribution in [0.5, 0.6) is 5.75 Å². The minimum atomic E-state index is -1.52. The van der Waals surface area contributed by atoms with Crippen LogP contribution in [0, 0.1) is 5.82 Å². The number of rotatable bonds is 4. The summed E-state index contributed by atoms with van der Waals surface area (Å²) in [6.45, 7) is 3.45. The maximum atomic E-state index is 14.8. The number of H-pyrrole nitrogens is 1. The summed E-state index contributed by atoms with van der Waals surface area (Å²) in [5, 5.41) is 19.3. The van der Waals surface area contributed by atoms with Crippen LogP contribution in [0.3, 0.4) is 0 Å². The van der Waals surface area contributed by atoms with Gasteiger partial charge in [-0.15, -0.1) is 0 Å². The molecule has 1 aromatic heterocycles. The molecule has 0 saturated carbocycles. The van der Waals surface area contributed by atoms with Gasteiger partial charge in [0.2, 0.25) is 0 Å². The number of anilines is 1. The lowest BCUT2D eigenvalue weighted by Gasteiger charge is -2.29. The molecule has 0 radical (unpaired) electrons. The highest BCUT2D eigenvalue weighted by Gasteiger charge is 2.23. The third-order valence-corrected chi connectivity index (χ3v) is 4.80. The number of pyridine rings is 1. The highest BCUT2D eigenvalue weighted by Crippen LogP contribution is 2.33. The summed E-state index contributed by atoms with van der Waals surface area (Å²) in [5.41, 5.74) is -0.461. The molecule has 2 heterocycles. The van der Waals surface area contributed by atoms with Crippen molar-refractivity contribution < 1.29 is 19.4 Å². The van der Waals surface area contributed by atoms with Crippen molar-refractivity contribution in [2.45, 2.75) is 32.6 Å². The van der Waals surface area contributed by atoms with Crippen LogP contribution in [0.2, 0.25) is 0 Å². The van der Waals surface area contributed by atoms with Crippen molar-refractivity contribution in [3.63, 3.8) is 0 Å². The van der Waals surface area contributed by atoms with Gasteiger partial charge in [0.05, 0.1) is 5.69 Å². The van der Waals surface area contributed by atoms with E-state index >= 15 is 0 Å². The molecule has 1 saturated heterocycles. The van der Waals surface area contributed by atoms with Gasteiger partial charge in [-0.25, -0.2) is 9.18 Å². The van der Waals surface area contributed by atoms with E-state index in [2.05, 4.69) is 9.88 Å². The first-order valence-electron chi connectivity index (χ1n) is 8.70. The number of aromatic hydroxyl groups is 1. The van der Waals surface area contributed by atoms with Crippen LogP contribution in [-0.2, 0) is 6.42 Å². The number of carbonyl (C=O) groups is 1. The number of hydrogen-bond acceptors (Lipinski definition) is 4. The predicted molar refractivity (Wildman–Crippen MR) is 96.5 cm³/mol. The Morgan fingerprint density at radius 3 is 2.54 bits per heavy atom. The number of nitrogens with zero attached hydrogens (tertiary/aromatic N) is 1. The van der Waals surface area contributed by atoms with Crippen LogP contribution in [-0.4, -0.2) is 34.3 Å². The third kappa shape index (κ3) is 3.16. The molecule has 0 atom stereocenters. The Morgan fingerprint density at radius 2 is 1.96 bits per heavy atom. The normalized spacial score (nSPS) is 14.5. The summed E-state index contributed by atoms with van der Waals surface area (Å²) in [6.07, 6.45) is 3.56. The maximum Gasteiger partial charge on any atom is 0.345 e. The number of benzene rings is 1. The second-order valence-corrected chi connectivity index (χ2v) is 6.40. The molecule has 26 heavy (non-hydrogen) atoms. The quantitative estimate of drug-likeness (QED) is 0.779. The van der Waals surface area contributed by atoms with Crippen LogP contribution < -0.4 is 10.5 Å². The van der Waals surface area contributed by atoms with Crippen molar-refractivity contribution in [3.8, 4) is 17.0 Å². The summed E-state index contributed by atoms with van der Waals surface area (Å²) >= 11 is 0. The van der Waals surface area contributed by atoms with Crippen molar-refractivity contribution in [3.05, 3.63) is 45.5 Å². The molecule has 138 valence electrons. The van der Waals surface area contributed by atoms with Crippen molar-refractivity contribution in [1.82, 2.24) is 4.98 Å². The number of aromatic carboxylic acids is 1. The zero-order valence-electron chi connectivity index (χ0n) is 14.5. The Bertz CT molecular complexity index is 901. The third-order valence-electron chi connectivity index (χ3n) is 4.80. The molecule has 0 unspecified atom stereocenters. The van der Waals surface area contributed by atoms with Crippen LogP contribution in [0.4, 0.5) is 10.1 Å². The lowest BCUT2D eigenvalue weighted by Crippen LogP contribution is -2.29. The molecule has 3 rings (SSSR count). The van der Waals surface area contributed by atoms with E-state index in [0.29, 0.717) is 0 Å². The van der Waals surface area contributed by atoms with E-state index in [1.807, 2.05) is 0 Å². The summed E-state index contributed by atoms with van der Waals surface area (Å²) in [6, 6.07) is 4.76. The molecule has 0 bridgehead atoms. The van der Waals surface area contributed by atoms with E-state index in [1.54, 1.807) is 19.1 Å². The lowest BCUT2D eigenvalue weighted by atomic mass is 9.99. The van der Waals surface area contributed by atoms with Crippen molar-refractivity contribution in [2.24, 2.45) is 0 Å². The Morgan fingerprint density at radius 1 is 1.27 bits per heavy atom. The molecule has 1 fully saturated rings. The number of aromatic amines is 1. The van der Waals surface area contributed by atoms with Gasteiger partial charge in [0, 0.05) is 29.9 Å². The largest absolute Gasteiger partial charge is 0.506 e. The van der Waals surface area contributed by atoms with Gasteiger partial charge in [-0.1, -0.05) is 6.92 Å². The van der Waals surface area contributed by atoms with Crippen molar-refractivity contribution in [2.75, 3.05) is 18.0 Å². The predicted octanol–water partition coefficient (Wildman–Crippen LogP) is 3.14. The molecular formula is C19H21FN2O4. The van der Waals surface area contributed by atoms with E-state index in [-0.39, 0.29) is 23.2 Å². The molecule has 6 nitrogen and oxygen atoms in total. The number of carboxylic acid groups (broad SMARTS) is 1. The van der Waals surface area contributed by atoms with Crippen LogP contribution in [0.25, 0.3) is 11.3 Å². The van der Waals surface area contributed by atoms with E-state index in [9.17, 15) is 19.1 Å². The first-order chi connectivity index (χ1) is 12.4. The number of aromatic nitrogens is 1. The fourth-order valence-electron chi connectivity index (χ4n) is 3.46. The summed E-state index contributed by atoms with van der Waals surface area (Å²) in [7, 11) is 0. The SMILES string of the molecule is CCc1c(-c2ccc(N3CCCCC3)cc2F)[nH]c(=O)c(C(=O)O)c1O. The summed E-state index contributed by atoms with van der Waals surface area (Å²) in [5.74, 6) is -2.66. The number of nitrogens with one attached hydrogen (secondary N) is 1. The lowest BCUT2D eigenvalue weighted by molar-refractivity contribution is 0.0691. The maximum absolute atomic E-state index is 14.8. The number of halogens is 1. The monoisotopic (exact) mass is 360 g/mol. The second-order valence-electron chi connectivity index (χ2n) is 6.40. The number of carboxylic acids is 1. The van der Waals surface area contributed by atoms with Gasteiger partial charge in [-0.3, -0.25) is 4.79 Å². The Hall–Kier alpha value is -2.83. The van der Waals surface area contributed by atoms with Crippen molar-refractivity contribution >= 4 is 11.7 Å². The highest BCUT2D eigenvalue weighted by atomic mass is 19.1. The molecular weight excluding hydrogens is 339 g/mol. The van der Waals surface area contributed by atoms with Crippen LogP contribution >= 0.6 is 0 Å². The minimum Gasteiger partial charge on any atom is -0.506 e. The molecule has 7 heteroatoms. The van der Waals surface area contributed by atoms with Gasteiger partial charge in [0.1, 0.15) is 11.6 Å². The minimum absolute atomic E-state index is 0.114. The fraction of sp³-hybridized carbons (Fsp3) is 0.368. The van der Waals surface area contributed by atoms with Gasteiger partial charge < -0.3 is 20.1 Å². The zero-order chi connectivity index (χ0) is 18.8. The average molecular weight is 360 g/mol. The van der Waals surface area contributed by atoms with E-state index in [0.717, 1.165) is 31.6 Å². The van der Waals surface area contributed by atoms with Gasteiger partial charge in [-0.2, -0.15) is 0 Å². The Kier molecular flexibility index (Phi) is 4.97. The molecule has 2 aromatic rings. The number of hydrogen-bond donors (Lipinski definition) is 3. The van der Waals surface area contributed by atoms with Gasteiger partial charge in [-0.05, 0) is 43.9 Å². The smallest absolute Gasteiger partial charge is 0.345 e. The van der Waals surface area contributed by atoms with Crippen LogP contribution in [0.15, 0.2) is 23.0 Å². The Balaban J connectivity index is 2.09. The molecule has 0 spiro atoms. The van der Waals surface area contributed by atoms with E-state index in [4.69, 9.17) is 5.11 Å². The first kappa shape index (κ1) is 18.0. The second kappa shape index (κ2) is 7.19. The molecule has 3 N–H and O–H groups in total. The molecule has 0 amide bonds. The summed E-state index contributed by atoms with van der Waals surface area (Å²) in [4.78, 5) is 27.8. The average Bonchev–Trinajstić information content (AvgIpc) is 2.61. The van der Waals surface area contributed by atoms with E-state index in [1.165, 1.54) is 12.5 Å². The molecule has 0 aliphatic carbocycles.